The number of methoxy groups -OCH3 is 1. The molecule has 94 valence electrons. The van der Waals surface area contributed by atoms with Gasteiger partial charge in [0.1, 0.15) is 5.75 Å². The van der Waals surface area contributed by atoms with Crippen LogP contribution in [0.3, 0.4) is 0 Å². The van der Waals surface area contributed by atoms with Crippen molar-refractivity contribution in [3.05, 3.63) is 29.3 Å². The van der Waals surface area contributed by atoms with E-state index in [1.807, 2.05) is 0 Å². The fraction of sp³-hybridized carbons (Fsp3) is 0.600. The first-order valence-electron chi connectivity index (χ1n) is 6.61. The minimum Gasteiger partial charge on any atom is -0.497 e. The number of hydrogen-bond acceptors (Lipinski definition) is 2. The van der Waals surface area contributed by atoms with Crippen molar-refractivity contribution in [3.8, 4) is 5.75 Å². The van der Waals surface area contributed by atoms with Gasteiger partial charge in [0.2, 0.25) is 0 Å². The molecule has 1 unspecified atom stereocenters. The molecule has 1 atom stereocenters. The van der Waals surface area contributed by atoms with Gasteiger partial charge in [-0.2, -0.15) is 0 Å². The van der Waals surface area contributed by atoms with Crippen LogP contribution in [0.5, 0.6) is 5.75 Å². The summed E-state index contributed by atoms with van der Waals surface area (Å²) < 4.78 is 5.30. The minimum atomic E-state index is 0.527. The zero-order chi connectivity index (χ0) is 12.3. The van der Waals surface area contributed by atoms with Crippen LogP contribution >= 0.6 is 0 Å². The molecule has 1 N–H and O–H groups in total. The summed E-state index contributed by atoms with van der Waals surface area (Å²) in [6.45, 7) is 5.65. The van der Waals surface area contributed by atoms with E-state index in [9.17, 15) is 0 Å². The predicted octanol–water partition coefficient (Wildman–Crippen LogP) is 3.32. The van der Waals surface area contributed by atoms with Crippen molar-refractivity contribution in [1.29, 1.82) is 0 Å². The SMILES string of the molecule is COc1ccc2c(c1)C(NCCC(C)C)CC2. The minimum absolute atomic E-state index is 0.527. The molecule has 1 aliphatic carbocycles. The van der Waals surface area contributed by atoms with Crippen molar-refractivity contribution >= 4 is 0 Å². The van der Waals surface area contributed by atoms with Gasteiger partial charge in [-0.15, -0.1) is 0 Å². The maximum Gasteiger partial charge on any atom is 0.119 e. The highest BCUT2D eigenvalue weighted by Crippen LogP contribution is 2.33. The second-order valence-corrected chi connectivity index (χ2v) is 5.29. The van der Waals surface area contributed by atoms with Crippen LogP contribution in [0.15, 0.2) is 18.2 Å². The molecule has 1 aromatic rings. The average Bonchev–Trinajstić information content (AvgIpc) is 2.71. The summed E-state index contributed by atoms with van der Waals surface area (Å²) in [6.07, 6.45) is 3.66. The Morgan fingerprint density at radius 3 is 2.94 bits per heavy atom. The number of benzene rings is 1. The lowest BCUT2D eigenvalue weighted by molar-refractivity contribution is 0.413. The first-order valence-corrected chi connectivity index (χ1v) is 6.61. The molecule has 2 rings (SSSR count). The Bertz CT molecular complexity index is 373. The lowest BCUT2D eigenvalue weighted by Gasteiger charge is -2.15. The molecule has 0 aliphatic heterocycles. The van der Waals surface area contributed by atoms with E-state index < -0.39 is 0 Å². The molecular formula is C15H23NO. The van der Waals surface area contributed by atoms with E-state index >= 15 is 0 Å². The summed E-state index contributed by atoms with van der Waals surface area (Å²) in [5.74, 6) is 1.75. The van der Waals surface area contributed by atoms with Crippen molar-refractivity contribution in [2.75, 3.05) is 13.7 Å². The Balaban J connectivity index is 2.00. The van der Waals surface area contributed by atoms with Crippen molar-refractivity contribution in [2.24, 2.45) is 5.92 Å². The molecule has 0 bridgehead atoms. The van der Waals surface area contributed by atoms with Gasteiger partial charge in [0, 0.05) is 6.04 Å². The molecule has 0 saturated carbocycles. The summed E-state index contributed by atoms with van der Waals surface area (Å²) in [6, 6.07) is 6.99. The Morgan fingerprint density at radius 1 is 1.41 bits per heavy atom. The van der Waals surface area contributed by atoms with E-state index in [0.29, 0.717) is 6.04 Å². The monoisotopic (exact) mass is 233 g/mol. The molecule has 0 spiro atoms. The van der Waals surface area contributed by atoms with E-state index in [-0.39, 0.29) is 0 Å². The summed E-state index contributed by atoms with van der Waals surface area (Å²) in [7, 11) is 1.73. The molecule has 17 heavy (non-hydrogen) atoms. The third-order valence-corrected chi connectivity index (χ3v) is 3.54. The molecular weight excluding hydrogens is 210 g/mol. The Hall–Kier alpha value is -1.02. The number of nitrogens with one attached hydrogen (secondary N) is 1. The number of hydrogen-bond donors (Lipinski definition) is 1. The average molecular weight is 233 g/mol. The van der Waals surface area contributed by atoms with Crippen LogP contribution in [-0.4, -0.2) is 13.7 Å². The van der Waals surface area contributed by atoms with E-state index in [4.69, 9.17) is 4.74 Å². The standard InChI is InChI=1S/C15H23NO/c1-11(2)8-9-16-15-7-5-12-4-6-13(17-3)10-14(12)15/h4,6,10-11,15-16H,5,7-9H2,1-3H3. The van der Waals surface area contributed by atoms with Crippen molar-refractivity contribution in [1.82, 2.24) is 5.32 Å². The number of rotatable bonds is 5. The molecule has 0 heterocycles. The van der Waals surface area contributed by atoms with Gasteiger partial charge < -0.3 is 10.1 Å². The molecule has 0 fully saturated rings. The van der Waals surface area contributed by atoms with Crippen molar-refractivity contribution < 1.29 is 4.74 Å². The first kappa shape index (κ1) is 12.4. The van der Waals surface area contributed by atoms with Gasteiger partial charge in [-0.1, -0.05) is 19.9 Å². The molecule has 0 saturated heterocycles. The third kappa shape index (κ3) is 3.01. The molecule has 2 nitrogen and oxygen atoms in total. The van der Waals surface area contributed by atoms with E-state index in [1.54, 1.807) is 7.11 Å². The van der Waals surface area contributed by atoms with Crippen molar-refractivity contribution in [3.63, 3.8) is 0 Å². The second-order valence-electron chi connectivity index (χ2n) is 5.29. The van der Waals surface area contributed by atoms with Crippen molar-refractivity contribution in [2.45, 2.75) is 39.2 Å². The fourth-order valence-corrected chi connectivity index (χ4v) is 2.47. The van der Waals surface area contributed by atoms with Gasteiger partial charge in [0.05, 0.1) is 7.11 Å². The molecule has 0 aromatic heterocycles. The van der Waals surface area contributed by atoms with Crippen LogP contribution < -0.4 is 10.1 Å². The van der Waals surface area contributed by atoms with E-state index in [1.165, 1.54) is 30.4 Å². The smallest absolute Gasteiger partial charge is 0.119 e. The Kier molecular flexibility index (Phi) is 4.06. The highest BCUT2D eigenvalue weighted by atomic mass is 16.5. The quantitative estimate of drug-likeness (QED) is 0.842. The van der Waals surface area contributed by atoms with Crippen LogP contribution in [0.2, 0.25) is 0 Å². The van der Waals surface area contributed by atoms with Gasteiger partial charge in [-0.05, 0) is 55.0 Å². The topological polar surface area (TPSA) is 21.3 Å². The lowest BCUT2D eigenvalue weighted by Crippen LogP contribution is -2.21. The normalized spacial score (nSPS) is 18.5. The molecule has 2 heteroatoms. The largest absolute Gasteiger partial charge is 0.497 e. The van der Waals surface area contributed by atoms with Crippen LogP contribution in [0.1, 0.15) is 43.9 Å². The van der Waals surface area contributed by atoms with Crippen LogP contribution in [0.4, 0.5) is 0 Å². The third-order valence-electron chi connectivity index (χ3n) is 3.54. The van der Waals surface area contributed by atoms with Gasteiger partial charge in [-0.3, -0.25) is 0 Å². The summed E-state index contributed by atoms with van der Waals surface area (Å²) >= 11 is 0. The van der Waals surface area contributed by atoms with Crippen LogP contribution in [0, 0.1) is 5.92 Å². The summed E-state index contributed by atoms with van der Waals surface area (Å²) in [5.41, 5.74) is 2.92. The van der Waals surface area contributed by atoms with Crippen LogP contribution in [0.25, 0.3) is 0 Å². The number of aryl methyl sites for hydroxylation is 1. The molecule has 1 aliphatic rings. The summed E-state index contributed by atoms with van der Waals surface area (Å²) in [5, 5.41) is 3.66. The number of fused-ring (bicyclic) bond motifs is 1. The lowest BCUT2D eigenvalue weighted by atomic mass is 10.1. The van der Waals surface area contributed by atoms with Gasteiger partial charge in [-0.25, -0.2) is 0 Å². The van der Waals surface area contributed by atoms with Gasteiger partial charge in [0.15, 0.2) is 0 Å². The van der Waals surface area contributed by atoms with Crippen LogP contribution in [-0.2, 0) is 6.42 Å². The Morgan fingerprint density at radius 2 is 2.24 bits per heavy atom. The Labute approximate surface area is 104 Å². The zero-order valence-corrected chi connectivity index (χ0v) is 11.1. The second kappa shape index (κ2) is 5.54. The van der Waals surface area contributed by atoms with E-state index in [2.05, 4.69) is 37.4 Å². The maximum atomic E-state index is 5.30. The molecule has 1 aromatic carbocycles. The first-order chi connectivity index (χ1) is 8.20. The highest BCUT2D eigenvalue weighted by molar-refractivity contribution is 5.40. The zero-order valence-electron chi connectivity index (χ0n) is 11.1. The summed E-state index contributed by atoms with van der Waals surface area (Å²) in [4.78, 5) is 0. The molecule has 0 amide bonds. The molecule has 0 radical (unpaired) electrons. The highest BCUT2D eigenvalue weighted by Gasteiger charge is 2.22. The van der Waals surface area contributed by atoms with Gasteiger partial charge >= 0.3 is 0 Å². The predicted molar refractivity (Wildman–Crippen MR) is 71.5 cm³/mol. The van der Waals surface area contributed by atoms with Gasteiger partial charge in [0.25, 0.3) is 0 Å². The van der Waals surface area contributed by atoms with E-state index in [0.717, 1.165) is 18.2 Å². The number of ether oxygens (including phenoxy) is 1. The fourth-order valence-electron chi connectivity index (χ4n) is 2.47. The maximum absolute atomic E-state index is 5.30.